The Labute approximate surface area is 111 Å². The first-order valence-electron chi connectivity index (χ1n) is 6.67. The SMILES string of the molecule is c1ccc2c(-c3cn4c(n3)CNCC4)cccc2c1. The molecule has 1 aliphatic heterocycles. The van der Waals surface area contributed by atoms with Gasteiger partial charge in [-0.1, -0.05) is 42.5 Å². The molecule has 0 atom stereocenters. The molecule has 3 nitrogen and oxygen atoms in total. The van der Waals surface area contributed by atoms with Crippen molar-refractivity contribution in [3.8, 4) is 11.3 Å². The van der Waals surface area contributed by atoms with Crippen LogP contribution in [0.2, 0.25) is 0 Å². The molecule has 3 heteroatoms. The second kappa shape index (κ2) is 4.21. The van der Waals surface area contributed by atoms with Crippen LogP contribution in [0.25, 0.3) is 22.0 Å². The molecule has 0 aliphatic carbocycles. The van der Waals surface area contributed by atoms with Crippen molar-refractivity contribution in [3.63, 3.8) is 0 Å². The van der Waals surface area contributed by atoms with Gasteiger partial charge in [-0.15, -0.1) is 0 Å². The minimum atomic E-state index is 0.866. The zero-order valence-corrected chi connectivity index (χ0v) is 10.6. The van der Waals surface area contributed by atoms with E-state index in [0.29, 0.717) is 0 Å². The topological polar surface area (TPSA) is 29.9 Å². The third kappa shape index (κ3) is 1.74. The molecule has 1 N–H and O–H groups in total. The Kier molecular flexibility index (Phi) is 2.38. The van der Waals surface area contributed by atoms with Crippen molar-refractivity contribution in [2.24, 2.45) is 0 Å². The van der Waals surface area contributed by atoms with E-state index in [9.17, 15) is 0 Å². The molecule has 94 valence electrons. The van der Waals surface area contributed by atoms with E-state index in [4.69, 9.17) is 4.98 Å². The quantitative estimate of drug-likeness (QED) is 0.718. The lowest BCUT2D eigenvalue weighted by Gasteiger charge is -2.13. The summed E-state index contributed by atoms with van der Waals surface area (Å²) in [6.45, 7) is 2.90. The van der Waals surface area contributed by atoms with Crippen LogP contribution in [0.15, 0.2) is 48.7 Å². The minimum absolute atomic E-state index is 0.866. The van der Waals surface area contributed by atoms with Crippen LogP contribution in [0.3, 0.4) is 0 Å². The highest BCUT2D eigenvalue weighted by molar-refractivity contribution is 5.95. The fourth-order valence-electron chi connectivity index (χ4n) is 2.77. The lowest BCUT2D eigenvalue weighted by molar-refractivity contribution is 0.505. The predicted molar refractivity (Wildman–Crippen MR) is 76.9 cm³/mol. The monoisotopic (exact) mass is 249 g/mol. The van der Waals surface area contributed by atoms with Gasteiger partial charge in [0.25, 0.3) is 0 Å². The molecule has 0 unspecified atom stereocenters. The number of nitrogens with one attached hydrogen (secondary N) is 1. The highest BCUT2D eigenvalue weighted by Crippen LogP contribution is 2.28. The van der Waals surface area contributed by atoms with Crippen molar-refractivity contribution in [1.29, 1.82) is 0 Å². The summed E-state index contributed by atoms with van der Waals surface area (Å²) in [7, 11) is 0. The molecule has 0 radical (unpaired) electrons. The smallest absolute Gasteiger partial charge is 0.123 e. The Morgan fingerprint density at radius 3 is 2.89 bits per heavy atom. The average Bonchev–Trinajstić information content (AvgIpc) is 2.90. The van der Waals surface area contributed by atoms with Crippen LogP contribution >= 0.6 is 0 Å². The van der Waals surface area contributed by atoms with E-state index in [1.165, 1.54) is 16.3 Å². The van der Waals surface area contributed by atoms with Crippen molar-refractivity contribution in [2.45, 2.75) is 13.1 Å². The molecule has 1 aliphatic rings. The molecule has 0 fully saturated rings. The molecule has 3 aromatic rings. The van der Waals surface area contributed by atoms with Crippen molar-refractivity contribution >= 4 is 10.8 Å². The molecule has 0 amide bonds. The van der Waals surface area contributed by atoms with Gasteiger partial charge >= 0.3 is 0 Å². The van der Waals surface area contributed by atoms with Gasteiger partial charge in [-0.05, 0) is 10.8 Å². The van der Waals surface area contributed by atoms with Crippen molar-refractivity contribution in [3.05, 3.63) is 54.5 Å². The number of rotatable bonds is 1. The summed E-state index contributed by atoms with van der Waals surface area (Å²) >= 11 is 0. The Hall–Kier alpha value is -2.13. The highest BCUT2D eigenvalue weighted by Gasteiger charge is 2.13. The zero-order chi connectivity index (χ0) is 12.7. The number of hydrogen-bond acceptors (Lipinski definition) is 2. The first kappa shape index (κ1) is 10.8. The lowest BCUT2D eigenvalue weighted by atomic mass is 10.0. The molecule has 19 heavy (non-hydrogen) atoms. The Balaban J connectivity index is 1.92. The van der Waals surface area contributed by atoms with Crippen molar-refractivity contribution in [2.75, 3.05) is 6.54 Å². The maximum absolute atomic E-state index is 4.77. The number of aromatic nitrogens is 2. The van der Waals surface area contributed by atoms with Gasteiger partial charge in [0.15, 0.2) is 0 Å². The van der Waals surface area contributed by atoms with Crippen molar-refractivity contribution < 1.29 is 0 Å². The van der Waals surface area contributed by atoms with Gasteiger partial charge in [0.2, 0.25) is 0 Å². The fourth-order valence-corrected chi connectivity index (χ4v) is 2.77. The lowest BCUT2D eigenvalue weighted by Crippen LogP contribution is -2.27. The molecule has 0 bridgehead atoms. The summed E-state index contributed by atoms with van der Waals surface area (Å²) in [5.41, 5.74) is 2.30. The summed E-state index contributed by atoms with van der Waals surface area (Å²) in [6.07, 6.45) is 2.18. The van der Waals surface area contributed by atoms with E-state index < -0.39 is 0 Å². The van der Waals surface area contributed by atoms with Gasteiger partial charge < -0.3 is 9.88 Å². The number of benzene rings is 2. The van der Waals surface area contributed by atoms with Gasteiger partial charge in [0.1, 0.15) is 5.82 Å². The standard InChI is InChI=1S/C16H15N3/c1-2-6-13-12(4-1)5-3-7-14(13)15-11-19-9-8-17-10-16(19)18-15/h1-7,11,17H,8-10H2. The second-order valence-corrected chi connectivity index (χ2v) is 4.94. The summed E-state index contributed by atoms with van der Waals surface area (Å²) in [6, 6.07) is 14.9. The Bertz CT molecular complexity index is 714. The number of hydrogen-bond donors (Lipinski definition) is 1. The third-order valence-corrected chi connectivity index (χ3v) is 3.74. The second-order valence-electron chi connectivity index (χ2n) is 4.94. The van der Waals surface area contributed by atoms with E-state index >= 15 is 0 Å². The number of nitrogens with zero attached hydrogens (tertiary/aromatic N) is 2. The predicted octanol–water partition coefficient (Wildman–Crippen LogP) is 2.81. The van der Waals surface area contributed by atoms with Crippen molar-refractivity contribution in [1.82, 2.24) is 14.9 Å². The molecule has 0 spiro atoms. The fraction of sp³-hybridized carbons (Fsp3) is 0.188. The summed E-state index contributed by atoms with van der Waals surface area (Å²) in [4.78, 5) is 4.77. The molecule has 0 saturated heterocycles. The molecule has 0 saturated carbocycles. The van der Waals surface area contributed by atoms with Crippen LogP contribution in [0.1, 0.15) is 5.82 Å². The first-order valence-corrected chi connectivity index (χ1v) is 6.67. The van der Waals surface area contributed by atoms with Gasteiger partial charge in [0, 0.05) is 24.8 Å². The van der Waals surface area contributed by atoms with Gasteiger partial charge in [-0.2, -0.15) is 0 Å². The summed E-state index contributed by atoms with van der Waals surface area (Å²) in [5.74, 6) is 1.13. The Morgan fingerprint density at radius 1 is 1.05 bits per heavy atom. The number of imidazole rings is 1. The molecule has 2 aromatic carbocycles. The molecular weight excluding hydrogens is 234 g/mol. The van der Waals surface area contributed by atoms with Crippen LogP contribution in [-0.2, 0) is 13.1 Å². The van der Waals surface area contributed by atoms with Crippen LogP contribution in [0, 0.1) is 0 Å². The average molecular weight is 249 g/mol. The first-order chi connectivity index (χ1) is 9.42. The van der Waals surface area contributed by atoms with Crippen LogP contribution in [-0.4, -0.2) is 16.1 Å². The Morgan fingerprint density at radius 2 is 1.95 bits per heavy atom. The van der Waals surface area contributed by atoms with E-state index in [0.717, 1.165) is 31.2 Å². The summed E-state index contributed by atoms with van der Waals surface area (Å²) < 4.78 is 2.26. The molecule has 2 heterocycles. The maximum atomic E-state index is 4.77. The number of fused-ring (bicyclic) bond motifs is 2. The zero-order valence-electron chi connectivity index (χ0n) is 10.6. The van der Waals surface area contributed by atoms with E-state index in [2.05, 4.69) is 58.5 Å². The van der Waals surface area contributed by atoms with E-state index in [-0.39, 0.29) is 0 Å². The molecule has 4 rings (SSSR count). The van der Waals surface area contributed by atoms with Crippen LogP contribution < -0.4 is 5.32 Å². The maximum Gasteiger partial charge on any atom is 0.123 e. The van der Waals surface area contributed by atoms with Crippen LogP contribution in [0.4, 0.5) is 0 Å². The highest BCUT2D eigenvalue weighted by atomic mass is 15.1. The van der Waals surface area contributed by atoms with Gasteiger partial charge in [-0.3, -0.25) is 0 Å². The summed E-state index contributed by atoms with van der Waals surface area (Å²) in [5, 5.41) is 5.90. The van der Waals surface area contributed by atoms with Crippen LogP contribution in [0.5, 0.6) is 0 Å². The van der Waals surface area contributed by atoms with Gasteiger partial charge in [-0.25, -0.2) is 4.98 Å². The third-order valence-electron chi connectivity index (χ3n) is 3.74. The largest absolute Gasteiger partial charge is 0.332 e. The van der Waals surface area contributed by atoms with Gasteiger partial charge in [0.05, 0.1) is 12.2 Å². The molecular formula is C16H15N3. The van der Waals surface area contributed by atoms with E-state index in [1.54, 1.807) is 0 Å². The van der Waals surface area contributed by atoms with E-state index in [1.807, 2.05) is 0 Å². The minimum Gasteiger partial charge on any atom is -0.332 e. The molecule has 1 aromatic heterocycles. The normalized spacial score (nSPS) is 14.5.